The summed E-state index contributed by atoms with van der Waals surface area (Å²) < 4.78 is 5.14. The maximum atomic E-state index is 12.1. The van der Waals surface area contributed by atoms with Crippen molar-refractivity contribution >= 4 is 23.0 Å². The van der Waals surface area contributed by atoms with Crippen molar-refractivity contribution in [3.8, 4) is 0 Å². The second kappa shape index (κ2) is 8.84. The summed E-state index contributed by atoms with van der Waals surface area (Å²) in [5.41, 5.74) is 2.20. The Morgan fingerprint density at radius 1 is 1.04 bits per heavy atom. The van der Waals surface area contributed by atoms with Crippen LogP contribution in [0.5, 0.6) is 0 Å². The monoisotopic (exact) mass is 363 g/mol. The number of rotatable bonds is 7. The molecule has 3 aromatic rings. The molecular weight excluding hydrogens is 342 g/mol. The van der Waals surface area contributed by atoms with Crippen molar-refractivity contribution in [3.05, 3.63) is 66.3 Å². The van der Waals surface area contributed by atoms with E-state index in [1.54, 1.807) is 24.3 Å². The summed E-state index contributed by atoms with van der Waals surface area (Å²) in [6.07, 6.45) is 0.685. The van der Waals surface area contributed by atoms with Gasteiger partial charge in [0.25, 0.3) is 0 Å². The second-order valence-corrected chi connectivity index (χ2v) is 6.33. The van der Waals surface area contributed by atoms with E-state index in [9.17, 15) is 4.79 Å². The second-order valence-electron chi connectivity index (χ2n) is 6.33. The summed E-state index contributed by atoms with van der Waals surface area (Å²) in [6.45, 7) is 3.98. The van der Waals surface area contributed by atoms with Gasteiger partial charge >= 0.3 is 0 Å². The number of hydrogen-bond donors (Lipinski definition) is 1. The van der Waals surface area contributed by atoms with Crippen molar-refractivity contribution < 1.29 is 9.32 Å². The SMILES string of the molecule is CC(C)c1noc(CCC(=O)Nc2ccc(N=Nc3ccccc3)cc2)n1. The summed E-state index contributed by atoms with van der Waals surface area (Å²) in [6, 6.07) is 16.7. The lowest BCUT2D eigenvalue weighted by molar-refractivity contribution is -0.116. The fraction of sp³-hybridized carbons (Fsp3) is 0.250. The number of carbonyl (C=O) groups is 1. The van der Waals surface area contributed by atoms with Crippen LogP contribution < -0.4 is 5.32 Å². The largest absolute Gasteiger partial charge is 0.339 e. The Morgan fingerprint density at radius 2 is 1.70 bits per heavy atom. The molecule has 0 saturated carbocycles. The minimum atomic E-state index is -0.113. The standard InChI is InChI=1S/C20H21N5O2/c1-14(2)20-22-19(27-25-20)13-12-18(26)21-15-8-10-17(11-9-15)24-23-16-6-4-3-5-7-16/h3-11,14H,12-13H2,1-2H3,(H,21,26). The molecule has 3 rings (SSSR count). The van der Waals surface area contributed by atoms with E-state index >= 15 is 0 Å². The van der Waals surface area contributed by atoms with Gasteiger partial charge in [-0.15, -0.1) is 0 Å². The van der Waals surface area contributed by atoms with Crippen LogP contribution >= 0.6 is 0 Å². The van der Waals surface area contributed by atoms with Gasteiger partial charge in [-0.25, -0.2) is 0 Å². The van der Waals surface area contributed by atoms with Crippen LogP contribution in [0.4, 0.5) is 17.1 Å². The molecule has 0 aliphatic heterocycles. The first kappa shape index (κ1) is 18.4. The van der Waals surface area contributed by atoms with E-state index in [1.165, 1.54) is 0 Å². The quantitative estimate of drug-likeness (QED) is 0.585. The van der Waals surface area contributed by atoms with Crippen molar-refractivity contribution in [3.63, 3.8) is 0 Å². The van der Waals surface area contributed by atoms with Gasteiger partial charge in [-0.3, -0.25) is 4.79 Å². The average molecular weight is 363 g/mol. The number of aromatic nitrogens is 2. The Hall–Kier alpha value is -3.35. The number of nitrogens with zero attached hydrogens (tertiary/aromatic N) is 4. The molecule has 27 heavy (non-hydrogen) atoms. The maximum Gasteiger partial charge on any atom is 0.227 e. The van der Waals surface area contributed by atoms with E-state index in [1.807, 2.05) is 44.2 Å². The third-order valence-corrected chi connectivity index (χ3v) is 3.75. The van der Waals surface area contributed by atoms with Crippen molar-refractivity contribution in [2.45, 2.75) is 32.6 Å². The van der Waals surface area contributed by atoms with Crippen LogP contribution in [0.3, 0.4) is 0 Å². The zero-order valence-corrected chi connectivity index (χ0v) is 15.3. The minimum Gasteiger partial charge on any atom is -0.339 e. The lowest BCUT2D eigenvalue weighted by atomic mass is 10.2. The van der Waals surface area contributed by atoms with Crippen LogP contribution in [0, 0.1) is 0 Å². The number of hydrogen-bond acceptors (Lipinski definition) is 6. The van der Waals surface area contributed by atoms with Gasteiger partial charge in [0, 0.05) is 24.4 Å². The Bertz CT molecular complexity index is 902. The molecular formula is C20H21N5O2. The van der Waals surface area contributed by atoms with Crippen molar-refractivity contribution in [2.24, 2.45) is 10.2 Å². The molecule has 2 aromatic carbocycles. The summed E-state index contributed by atoms with van der Waals surface area (Å²) in [7, 11) is 0. The molecule has 0 fully saturated rings. The maximum absolute atomic E-state index is 12.1. The smallest absolute Gasteiger partial charge is 0.227 e. The van der Waals surface area contributed by atoms with Crippen molar-refractivity contribution in [1.29, 1.82) is 0 Å². The molecule has 0 saturated heterocycles. The Morgan fingerprint density at radius 3 is 2.33 bits per heavy atom. The van der Waals surface area contributed by atoms with Gasteiger partial charge in [0.1, 0.15) is 0 Å². The molecule has 0 atom stereocenters. The number of aryl methyl sites for hydroxylation is 1. The highest BCUT2D eigenvalue weighted by Gasteiger charge is 2.11. The van der Waals surface area contributed by atoms with E-state index in [0.717, 1.165) is 5.69 Å². The topological polar surface area (TPSA) is 92.7 Å². The van der Waals surface area contributed by atoms with Gasteiger partial charge in [-0.05, 0) is 36.4 Å². The normalized spacial score (nSPS) is 11.2. The molecule has 0 aliphatic rings. The molecule has 0 aliphatic carbocycles. The summed E-state index contributed by atoms with van der Waals surface area (Å²) in [5.74, 6) is 1.23. The van der Waals surface area contributed by atoms with Gasteiger partial charge in [0.15, 0.2) is 5.82 Å². The fourth-order valence-corrected chi connectivity index (χ4v) is 2.27. The summed E-state index contributed by atoms with van der Waals surface area (Å²) in [4.78, 5) is 16.3. The van der Waals surface area contributed by atoms with Crippen molar-refractivity contribution in [2.75, 3.05) is 5.32 Å². The summed E-state index contributed by atoms with van der Waals surface area (Å²) >= 11 is 0. The average Bonchev–Trinajstić information content (AvgIpc) is 3.16. The first-order valence-corrected chi connectivity index (χ1v) is 8.79. The van der Waals surface area contributed by atoms with Crippen LogP contribution in [0.25, 0.3) is 0 Å². The number of anilines is 1. The molecule has 0 unspecified atom stereocenters. The van der Waals surface area contributed by atoms with Crippen LogP contribution in [-0.2, 0) is 11.2 Å². The van der Waals surface area contributed by atoms with Gasteiger partial charge in [-0.2, -0.15) is 15.2 Å². The predicted molar refractivity (Wildman–Crippen MR) is 102 cm³/mol. The lowest BCUT2D eigenvalue weighted by Gasteiger charge is -2.04. The Kier molecular flexibility index (Phi) is 6.04. The van der Waals surface area contributed by atoms with Gasteiger partial charge in [0.05, 0.1) is 11.4 Å². The van der Waals surface area contributed by atoms with E-state index < -0.39 is 0 Å². The number of nitrogens with one attached hydrogen (secondary N) is 1. The molecule has 0 spiro atoms. The van der Waals surface area contributed by atoms with E-state index in [2.05, 4.69) is 25.7 Å². The highest BCUT2D eigenvalue weighted by Crippen LogP contribution is 2.20. The molecule has 0 bridgehead atoms. The van der Waals surface area contributed by atoms with E-state index in [4.69, 9.17) is 4.52 Å². The molecule has 1 amide bonds. The van der Waals surface area contributed by atoms with E-state index in [-0.39, 0.29) is 18.2 Å². The zero-order chi connectivity index (χ0) is 19.1. The zero-order valence-electron chi connectivity index (χ0n) is 15.3. The molecule has 7 heteroatoms. The third-order valence-electron chi connectivity index (χ3n) is 3.75. The Balaban J connectivity index is 1.50. The predicted octanol–water partition coefficient (Wildman–Crippen LogP) is 5.18. The van der Waals surface area contributed by atoms with Crippen LogP contribution in [-0.4, -0.2) is 16.0 Å². The number of amides is 1. The minimum absolute atomic E-state index is 0.113. The van der Waals surface area contributed by atoms with Gasteiger partial charge in [-0.1, -0.05) is 37.2 Å². The van der Waals surface area contributed by atoms with Crippen molar-refractivity contribution in [1.82, 2.24) is 10.1 Å². The molecule has 1 heterocycles. The number of carbonyl (C=O) groups excluding carboxylic acids is 1. The van der Waals surface area contributed by atoms with Gasteiger partial charge < -0.3 is 9.84 Å². The first-order chi connectivity index (χ1) is 13.1. The van der Waals surface area contributed by atoms with Crippen LogP contribution in [0.2, 0.25) is 0 Å². The lowest BCUT2D eigenvalue weighted by Crippen LogP contribution is -2.12. The molecule has 1 aromatic heterocycles. The van der Waals surface area contributed by atoms with Crippen LogP contribution in [0.1, 0.15) is 37.9 Å². The highest BCUT2D eigenvalue weighted by molar-refractivity contribution is 5.90. The molecule has 138 valence electrons. The summed E-state index contributed by atoms with van der Waals surface area (Å²) in [5, 5.41) is 15.1. The van der Waals surface area contributed by atoms with Crippen LogP contribution in [0.15, 0.2) is 69.3 Å². The highest BCUT2D eigenvalue weighted by atomic mass is 16.5. The number of benzene rings is 2. The third kappa shape index (κ3) is 5.57. The molecule has 0 radical (unpaired) electrons. The molecule has 7 nitrogen and oxygen atoms in total. The fourth-order valence-electron chi connectivity index (χ4n) is 2.27. The molecule has 1 N–H and O–H groups in total. The van der Waals surface area contributed by atoms with E-state index in [0.29, 0.717) is 29.5 Å². The number of azo groups is 1. The first-order valence-electron chi connectivity index (χ1n) is 8.79. The van der Waals surface area contributed by atoms with Gasteiger partial charge in [0.2, 0.25) is 11.8 Å². The Labute approximate surface area is 157 Å².